The highest BCUT2D eigenvalue weighted by Gasteiger charge is 2.11. The van der Waals surface area contributed by atoms with Crippen molar-refractivity contribution in [3.05, 3.63) is 52.3 Å². The third-order valence-corrected chi connectivity index (χ3v) is 3.18. The van der Waals surface area contributed by atoms with Crippen LogP contribution in [0.4, 0.5) is 21.5 Å². The fraction of sp³-hybridized carbons (Fsp3) is 0. The van der Waals surface area contributed by atoms with E-state index in [1.54, 1.807) is 18.2 Å². The van der Waals surface area contributed by atoms with E-state index in [1.807, 2.05) is 0 Å². The Kier molecular flexibility index (Phi) is 3.71. The van der Waals surface area contributed by atoms with Gasteiger partial charge in [-0.05, 0) is 46.3 Å². The van der Waals surface area contributed by atoms with Gasteiger partial charge in [-0.3, -0.25) is 0 Å². The molecule has 0 bridgehead atoms. The number of hydrogen-bond acceptors (Lipinski definition) is 3. The van der Waals surface area contributed by atoms with Crippen molar-refractivity contribution in [3.8, 4) is 0 Å². The van der Waals surface area contributed by atoms with Gasteiger partial charge in [0.25, 0.3) is 0 Å². The molecule has 2 aromatic rings. The van der Waals surface area contributed by atoms with E-state index >= 15 is 0 Å². The minimum absolute atomic E-state index is 0.0301. The monoisotopic (exact) mass is 324 g/mol. The van der Waals surface area contributed by atoms with Crippen molar-refractivity contribution in [2.45, 2.75) is 0 Å². The molecule has 98 valence electrons. The van der Waals surface area contributed by atoms with Crippen molar-refractivity contribution in [2.75, 3.05) is 11.1 Å². The maximum absolute atomic E-state index is 13.6. The second kappa shape index (κ2) is 5.27. The summed E-state index contributed by atoms with van der Waals surface area (Å²) in [4.78, 5) is 11.0. The number of rotatable bonds is 3. The van der Waals surface area contributed by atoms with Crippen LogP contribution in [0.1, 0.15) is 10.4 Å². The Balaban J connectivity index is 2.39. The minimum atomic E-state index is -1.13. The maximum Gasteiger partial charge on any atom is 0.337 e. The minimum Gasteiger partial charge on any atom is -0.478 e. The van der Waals surface area contributed by atoms with Crippen molar-refractivity contribution in [3.63, 3.8) is 0 Å². The summed E-state index contributed by atoms with van der Waals surface area (Å²) < 4.78 is 14.2. The average molecular weight is 325 g/mol. The molecule has 0 aromatic heterocycles. The number of aromatic carboxylic acids is 1. The molecule has 0 unspecified atom stereocenters. The molecule has 0 spiro atoms. The molecule has 4 nitrogen and oxygen atoms in total. The number of halogens is 2. The summed E-state index contributed by atoms with van der Waals surface area (Å²) in [6.07, 6.45) is 0. The van der Waals surface area contributed by atoms with Crippen LogP contribution in [0.3, 0.4) is 0 Å². The number of carboxylic acid groups (broad SMARTS) is 1. The summed E-state index contributed by atoms with van der Waals surface area (Å²) in [5.41, 5.74) is 6.36. The highest BCUT2D eigenvalue weighted by molar-refractivity contribution is 9.10. The first-order valence-corrected chi connectivity index (χ1v) is 6.12. The Morgan fingerprint density at radius 1 is 1.32 bits per heavy atom. The fourth-order valence-electron chi connectivity index (χ4n) is 1.58. The van der Waals surface area contributed by atoms with Crippen LogP contribution in [0.25, 0.3) is 0 Å². The van der Waals surface area contributed by atoms with Gasteiger partial charge < -0.3 is 16.2 Å². The summed E-state index contributed by atoms with van der Waals surface area (Å²) in [5.74, 6) is -1.57. The van der Waals surface area contributed by atoms with E-state index < -0.39 is 11.8 Å². The Morgan fingerprint density at radius 2 is 2.05 bits per heavy atom. The lowest BCUT2D eigenvalue weighted by Crippen LogP contribution is -2.04. The number of carboxylic acids is 1. The standard InChI is InChI=1S/C13H10BrFN2O2/c14-9-2-1-3-10(15)12(9)17-7-4-5-11(16)8(6-7)13(18)19/h1-6,17H,16H2,(H,18,19). The van der Waals surface area contributed by atoms with Crippen LogP contribution in [0, 0.1) is 5.82 Å². The number of anilines is 3. The van der Waals surface area contributed by atoms with Crippen LogP contribution < -0.4 is 11.1 Å². The maximum atomic E-state index is 13.6. The molecular weight excluding hydrogens is 315 g/mol. The molecule has 0 saturated carbocycles. The zero-order valence-corrected chi connectivity index (χ0v) is 11.2. The van der Waals surface area contributed by atoms with Crippen molar-refractivity contribution in [1.29, 1.82) is 0 Å². The Bertz CT molecular complexity index is 626. The zero-order chi connectivity index (χ0) is 14.0. The summed E-state index contributed by atoms with van der Waals surface area (Å²) in [6.45, 7) is 0. The molecule has 2 rings (SSSR count). The van der Waals surface area contributed by atoms with Gasteiger partial charge >= 0.3 is 5.97 Å². The number of benzene rings is 2. The van der Waals surface area contributed by atoms with E-state index in [1.165, 1.54) is 18.2 Å². The number of hydrogen-bond donors (Lipinski definition) is 3. The summed E-state index contributed by atoms with van der Waals surface area (Å²) in [7, 11) is 0. The first-order chi connectivity index (χ1) is 8.99. The second-order valence-corrected chi connectivity index (χ2v) is 4.68. The Hall–Kier alpha value is -2.08. The number of para-hydroxylation sites is 1. The van der Waals surface area contributed by atoms with Gasteiger partial charge in [-0.2, -0.15) is 0 Å². The van der Waals surface area contributed by atoms with Gasteiger partial charge in [0.05, 0.1) is 11.3 Å². The average Bonchev–Trinajstić information content (AvgIpc) is 2.35. The summed E-state index contributed by atoms with van der Waals surface area (Å²) in [5, 5.41) is 11.8. The van der Waals surface area contributed by atoms with Crippen LogP contribution >= 0.6 is 15.9 Å². The fourth-order valence-corrected chi connectivity index (χ4v) is 2.02. The predicted octanol–water partition coefficient (Wildman–Crippen LogP) is 3.61. The molecule has 0 amide bonds. The first-order valence-electron chi connectivity index (χ1n) is 5.33. The quantitative estimate of drug-likeness (QED) is 0.754. The molecule has 0 fully saturated rings. The number of carbonyl (C=O) groups is 1. The van der Waals surface area contributed by atoms with Gasteiger partial charge in [-0.1, -0.05) is 6.07 Å². The van der Waals surface area contributed by atoms with Crippen molar-refractivity contribution < 1.29 is 14.3 Å². The summed E-state index contributed by atoms with van der Waals surface area (Å²) in [6, 6.07) is 8.96. The van der Waals surface area contributed by atoms with E-state index in [9.17, 15) is 9.18 Å². The highest BCUT2D eigenvalue weighted by atomic mass is 79.9. The Labute approximate surface area is 117 Å². The van der Waals surface area contributed by atoms with Crippen molar-refractivity contribution >= 4 is 39.0 Å². The second-order valence-electron chi connectivity index (χ2n) is 3.83. The third kappa shape index (κ3) is 2.85. The van der Waals surface area contributed by atoms with Gasteiger partial charge in [0, 0.05) is 15.8 Å². The number of nitrogens with one attached hydrogen (secondary N) is 1. The first kappa shape index (κ1) is 13.4. The van der Waals surface area contributed by atoms with Gasteiger partial charge in [0.1, 0.15) is 5.82 Å². The van der Waals surface area contributed by atoms with Gasteiger partial charge in [0.2, 0.25) is 0 Å². The zero-order valence-electron chi connectivity index (χ0n) is 9.65. The van der Waals surface area contributed by atoms with Crippen LogP contribution in [-0.2, 0) is 0 Å². The largest absolute Gasteiger partial charge is 0.478 e. The molecule has 0 aliphatic heterocycles. The molecule has 6 heteroatoms. The summed E-state index contributed by atoms with van der Waals surface area (Å²) >= 11 is 3.22. The predicted molar refractivity (Wildman–Crippen MR) is 75.2 cm³/mol. The van der Waals surface area contributed by atoms with E-state index in [0.717, 1.165) is 0 Å². The van der Waals surface area contributed by atoms with Crippen molar-refractivity contribution in [2.24, 2.45) is 0 Å². The highest BCUT2D eigenvalue weighted by Crippen LogP contribution is 2.29. The molecule has 0 aliphatic rings. The Morgan fingerprint density at radius 3 is 2.68 bits per heavy atom. The molecular formula is C13H10BrFN2O2. The number of nitrogen functional groups attached to an aromatic ring is 1. The topological polar surface area (TPSA) is 75.3 Å². The molecule has 0 radical (unpaired) electrons. The smallest absolute Gasteiger partial charge is 0.337 e. The normalized spacial score (nSPS) is 10.2. The molecule has 4 N–H and O–H groups in total. The van der Waals surface area contributed by atoms with E-state index in [0.29, 0.717) is 10.2 Å². The third-order valence-electron chi connectivity index (χ3n) is 2.52. The molecule has 0 aliphatic carbocycles. The van der Waals surface area contributed by atoms with Crippen LogP contribution in [0.5, 0.6) is 0 Å². The SMILES string of the molecule is Nc1ccc(Nc2c(F)cccc2Br)cc1C(=O)O. The molecule has 2 aromatic carbocycles. The van der Waals surface area contributed by atoms with E-state index in [-0.39, 0.29) is 16.9 Å². The van der Waals surface area contributed by atoms with Gasteiger partial charge in [0.15, 0.2) is 0 Å². The van der Waals surface area contributed by atoms with E-state index in [2.05, 4.69) is 21.2 Å². The van der Waals surface area contributed by atoms with E-state index in [4.69, 9.17) is 10.8 Å². The van der Waals surface area contributed by atoms with Gasteiger partial charge in [-0.15, -0.1) is 0 Å². The molecule has 0 atom stereocenters. The van der Waals surface area contributed by atoms with Crippen LogP contribution in [-0.4, -0.2) is 11.1 Å². The van der Waals surface area contributed by atoms with Crippen LogP contribution in [0.15, 0.2) is 40.9 Å². The number of nitrogens with two attached hydrogens (primary N) is 1. The lowest BCUT2D eigenvalue weighted by molar-refractivity contribution is 0.0698. The molecule has 0 saturated heterocycles. The lowest BCUT2D eigenvalue weighted by atomic mass is 10.1. The van der Waals surface area contributed by atoms with Crippen LogP contribution in [0.2, 0.25) is 0 Å². The van der Waals surface area contributed by atoms with Crippen molar-refractivity contribution in [1.82, 2.24) is 0 Å². The lowest BCUT2D eigenvalue weighted by Gasteiger charge is -2.11. The van der Waals surface area contributed by atoms with Gasteiger partial charge in [-0.25, -0.2) is 9.18 Å². The molecule has 19 heavy (non-hydrogen) atoms. The molecule has 0 heterocycles.